The van der Waals surface area contributed by atoms with Gasteiger partial charge in [-0.1, -0.05) is 18.9 Å². The van der Waals surface area contributed by atoms with Crippen LogP contribution < -0.4 is 5.32 Å². The first kappa shape index (κ1) is 12.0. The van der Waals surface area contributed by atoms with Crippen LogP contribution in [0.1, 0.15) is 25.7 Å². The Balaban J connectivity index is 2.12. The van der Waals surface area contributed by atoms with Crippen LogP contribution in [0.4, 0.5) is 10.1 Å². The Hall–Kier alpha value is -1.10. The van der Waals surface area contributed by atoms with Crippen LogP contribution in [0.15, 0.2) is 23.1 Å². The number of hydrogen-bond donors (Lipinski definition) is 1. The van der Waals surface area contributed by atoms with Crippen molar-refractivity contribution in [1.29, 1.82) is 0 Å². The molecule has 0 atom stereocenters. The smallest absolute Gasteiger partial charge is 0.183 e. The summed E-state index contributed by atoms with van der Waals surface area (Å²) >= 11 is 0. The van der Waals surface area contributed by atoms with E-state index in [2.05, 4.69) is 5.32 Å². The van der Waals surface area contributed by atoms with E-state index in [1.165, 1.54) is 6.07 Å². The van der Waals surface area contributed by atoms with Crippen LogP contribution in [0.2, 0.25) is 0 Å². The van der Waals surface area contributed by atoms with E-state index in [4.69, 9.17) is 0 Å². The average molecular weight is 269 g/mol. The minimum atomic E-state index is -3.54. The van der Waals surface area contributed by atoms with E-state index in [9.17, 15) is 12.8 Å². The lowest BCUT2D eigenvalue weighted by molar-refractivity contribution is 0.365. The van der Waals surface area contributed by atoms with Gasteiger partial charge < -0.3 is 5.32 Å². The number of nitrogens with one attached hydrogen (secondary N) is 1. The summed E-state index contributed by atoms with van der Waals surface area (Å²) in [6, 6.07) is 4.40. The summed E-state index contributed by atoms with van der Waals surface area (Å²) in [5.74, 6) is -0.573. The second-order valence-corrected chi connectivity index (χ2v) is 7.36. The molecule has 1 spiro atoms. The lowest BCUT2D eigenvalue weighted by atomic mass is 9.88. The topological polar surface area (TPSA) is 46.2 Å². The molecule has 1 aliphatic heterocycles. The second kappa shape index (κ2) is 3.95. The van der Waals surface area contributed by atoms with Crippen LogP contribution in [0.25, 0.3) is 0 Å². The zero-order valence-corrected chi connectivity index (χ0v) is 10.9. The van der Waals surface area contributed by atoms with E-state index in [1.807, 2.05) is 0 Å². The van der Waals surface area contributed by atoms with Crippen LogP contribution in [0.3, 0.4) is 0 Å². The molecular weight excluding hydrogens is 253 g/mol. The highest BCUT2D eigenvalue weighted by molar-refractivity contribution is 7.91. The molecular formula is C13H16FNO2S. The van der Waals surface area contributed by atoms with Gasteiger partial charge in [0.15, 0.2) is 9.84 Å². The van der Waals surface area contributed by atoms with Crippen molar-refractivity contribution in [2.24, 2.45) is 5.41 Å². The Morgan fingerprint density at radius 3 is 2.67 bits per heavy atom. The van der Waals surface area contributed by atoms with Gasteiger partial charge in [0.25, 0.3) is 0 Å². The molecule has 5 heteroatoms. The van der Waals surface area contributed by atoms with E-state index in [0.717, 1.165) is 25.7 Å². The predicted octanol–water partition coefficient (Wildman–Crippen LogP) is 2.59. The van der Waals surface area contributed by atoms with Gasteiger partial charge in [-0.2, -0.15) is 0 Å². The fraction of sp³-hybridized carbons (Fsp3) is 0.538. The van der Waals surface area contributed by atoms with Crippen molar-refractivity contribution in [3.63, 3.8) is 0 Å². The standard InChI is InChI=1S/C13H16FNO2S/c14-10-4-3-5-11-12(10)18(16,17)9-13(8-15-11)6-1-2-7-13/h3-5,15H,1-2,6-9H2. The number of rotatable bonds is 0. The molecule has 3 nitrogen and oxygen atoms in total. The van der Waals surface area contributed by atoms with E-state index in [-0.39, 0.29) is 16.1 Å². The molecule has 0 saturated heterocycles. The maximum Gasteiger partial charge on any atom is 0.183 e. The Morgan fingerprint density at radius 2 is 1.94 bits per heavy atom. The first-order valence-electron chi connectivity index (χ1n) is 6.28. The Labute approximate surface area is 106 Å². The van der Waals surface area contributed by atoms with Crippen molar-refractivity contribution >= 4 is 15.5 Å². The molecule has 0 unspecified atom stereocenters. The minimum Gasteiger partial charge on any atom is -0.383 e. The van der Waals surface area contributed by atoms with E-state index in [1.54, 1.807) is 12.1 Å². The van der Waals surface area contributed by atoms with Gasteiger partial charge in [0.2, 0.25) is 0 Å². The fourth-order valence-corrected chi connectivity index (χ4v) is 5.40. The molecule has 18 heavy (non-hydrogen) atoms. The number of sulfone groups is 1. The largest absolute Gasteiger partial charge is 0.383 e. The van der Waals surface area contributed by atoms with Gasteiger partial charge in [0, 0.05) is 12.0 Å². The SMILES string of the molecule is O=S1(=O)CC2(CCCC2)CNc2cccc(F)c21. The first-order valence-corrected chi connectivity index (χ1v) is 7.93. The normalized spacial score (nSPS) is 24.3. The predicted molar refractivity (Wildman–Crippen MR) is 67.8 cm³/mol. The Kier molecular flexibility index (Phi) is 2.62. The van der Waals surface area contributed by atoms with Crippen LogP contribution >= 0.6 is 0 Å². The van der Waals surface area contributed by atoms with Crippen LogP contribution in [0.5, 0.6) is 0 Å². The number of benzene rings is 1. The molecule has 1 saturated carbocycles. The molecule has 1 heterocycles. The molecule has 0 amide bonds. The van der Waals surface area contributed by atoms with Gasteiger partial charge >= 0.3 is 0 Å². The first-order chi connectivity index (χ1) is 8.53. The molecule has 3 rings (SSSR count). The average Bonchev–Trinajstić information content (AvgIpc) is 2.69. The van der Waals surface area contributed by atoms with E-state index < -0.39 is 15.7 Å². The third-order valence-corrected chi connectivity index (χ3v) is 6.12. The lowest BCUT2D eigenvalue weighted by Gasteiger charge is -2.26. The number of anilines is 1. The van der Waals surface area contributed by atoms with Crippen molar-refractivity contribution in [1.82, 2.24) is 0 Å². The van der Waals surface area contributed by atoms with Crippen molar-refractivity contribution in [3.8, 4) is 0 Å². The molecule has 1 fully saturated rings. The highest BCUT2D eigenvalue weighted by Gasteiger charge is 2.42. The number of fused-ring (bicyclic) bond motifs is 1. The van der Waals surface area contributed by atoms with E-state index in [0.29, 0.717) is 12.2 Å². The zero-order chi connectivity index (χ0) is 12.8. The highest BCUT2D eigenvalue weighted by Crippen LogP contribution is 2.43. The Bertz CT molecular complexity index is 577. The molecule has 1 aromatic rings. The number of halogens is 1. The Morgan fingerprint density at radius 1 is 1.22 bits per heavy atom. The molecule has 1 N–H and O–H groups in total. The van der Waals surface area contributed by atoms with Crippen molar-refractivity contribution in [3.05, 3.63) is 24.0 Å². The molecule has 0 radical (unpaired) electrons. The van der Waals surface area contributed by atoms with Gasteiger partial charge in [0.1, 0.15) is 10.7 Å². The summed E-state index contributed by atoms with van der Waals surface area (Å²) in [7, 11) is -3.54. The quantitative estimate of drug-likeness (QED) is 0.787. The summed E-state index contributed by atoms with van der Waals surface area (Å²) in [5.41, 5.74) is 0.211. The lowest BCUT2D eigenvalue weighted by Crippen LogP contribution is -2.31. The van der Waals surface area contributed by atoms with Gasteiger partial charge in [-0.3, -0.25) is 0 Å². The minimum absolute atomic E-state index is 0.0704. The van der Waals surface area contributed by atoms with Crippen LogP contribution in [0, 0.1) is 11.2 Å². The maximum atomic E-state index is 13.8. The third-order valence-electron chi connectivity index (χ3n) is 4.09. The third kappa shape index (κ3) is 1.81. The van der Waals surface area contributed by atoms with Gasteiger partial charge in [-0.05, 0) is 25.0 Å². The van der Waals surface area contributed by atoms with Crippen molar-refractivity contribution in [2.45, 2.75) is 30.6 Å². The molecule has 2 aliphatic rings. The van der Waals surface area contributed by atoms with E-state index >= 15 is 0 Å². The highest BCUT2D eigenvalue weighted by atomic mass is 32.2. The molecule has 98 valence electrons. The van der Waals surface area contributed by atoms with Gasteiger partial charge in [0.05, 0.1) is 11.4 Å². The summed E-state index contributed by atoms with van der Waals surface area (Å²) < 4.78 is 38.6. The molecule has 1 aromatic carbocycles. The second-order valence-electron chi connectivity index (χ2n) is 5.44. The molecule has 1 aliphatic carbocycles. The number of hydrogen-bond acceptors (Lipinski definition) is 3. The van der Waals surface area contributed by atoms with Crippen molar-refractivity contribution < 1.29 is 12.8 Å². The van der Waals surface area contributed by atoms with Crippen LogP contribution in [-0.4, -0.2) is 20.7 Å². The summed E-state index contributed by atoms with van der Waals surface area (Å²) in [4.78, 5) is -0.145. The van der Waals surface area contributed by atoms with Gasteiger partial charge in [-0.25, -0.2) is 12.8 Å². The summed E-state index contributed by atoms with van der Waals surface area (Å²) in [6.45, 7) is 0.628. The van der Waals surface area contributed by atoms with Crippen molar-refractivity contribution in [2.75, 3.05) is 17.6 Å². The fourth-order valence-electron chi connectivity index (χ4n) is 3.22. The monoisotopic (exact) mass is 269 g/mol. The molecule has 0 aromatic heterocycles. The molecule has 0 bridgehead atoms. The zero-order valence-electron chi connectivity index (χ0n) is 10.1. The maximum absolute atomic E-state index is 13.8. The summed E-state index contributed by atoms with van der Waals surface area (Å²) in [6.07, 6.45) is 3.95. The summed E-state index contributed by atoms with van der Waals surface area (Å²) in [5, 5.41) is 3.14. The van der Waals surface area contributed by atoms with Gasteiger partial charge in [-0.15, -0.1) is 0 Å². The van der Waals surface area contributed by atoms with Crippen LogP contribution in [-0.2, 0) is 9.84 Å².